The summed E-state index contributed by atoms with van der Waals surface area (Å²) in [5.41, 5.74) is 6.60. The van der Waals surface area contributed by atoms with Crippen LogP contribution in [0.5, 0.6) is 0 Å². The number of nitrogens with one attached hydrogen (secondary N) is 2. The number of aromatic nitrogens is 1. The lowest BCUT2D eigenvalue weighted by molar-refractivity contribution is -0.128. The molecule has 7 heteroatoms. The molecule has 1 aromatic heterocycles. The molecule has 144 valence electrons. The highest BCUT2D eigenvalue weighted by molar-refractivity contribution is 6.30. The average molecular weight is 398 g/mol. The largest absolute Gasteiger partial charge is 0.441 e. The van der Waals surface area contributed by atoms with Crippen molar-refractivity contribution in [3.8, 4) is 11.3 Å². The number of amides is 2. The number of benzene rings is 2. The molecule has 1 heterocycles. The summed E-state index contributed by atoms with van der Waals surface area (Å²) < 4.78 is 5.70. The summed E-state index contributed by atoms with van der Waals surface area (Å²) in [6, 6.07) is 16.7. The Labute approximate surface area is 167 Å². The van der Waals surface area contributed by atoms with Crippen LogP contribution in [0.4, 0.5) is 0 Å². The third-order valence-electron chi connectivity index (χ3n) is 4.03. The minimum absolute atomic E-state index is 0.163. The maximum atomic E-state index is 11.9. The molecule has 3 aromatic rings. The summed E-state index contributed by atoms with van der Waals surface area (Å²) in [7, 11) is 0. The van der Waals surface area contributed by atoms with Gasteiger partial charge in [0, 0.05) is 23.4 Å². The van der Waals surface area contributed by atoms with E-state index in [1.807, 2.05) is 30.3 Å². The van der Waals surface area contributed by atoms with E-state index in [1.54, 1.807) is 30.5 Å². The minimum atomic E-state index is -0.295. The van der Waals surface area contributed by atoms with E-state index >= 15 is 0 Å². The lowest BCUT2D eigenvalue weighted by Crippen LogP contribution is -2.42. The molecule has 0 aliphatic rings. The fourth-order valence-corrected chi connectivity index (χ4v) is 2.72. The van der Waals surface area contributed by atoms with Crippen molar-refractivity contribution in [2.45, 2.75) is 25.7 Å². The van der Waals surface area contributed by atoms with Gasteiger partial charge in [0.25, 0.3) is 0 Å². The molecule has 0 saturated carbocycles. The zero-order valence-electron chi connectivity index (χ0n) is 15.2. The van der Waals surface area contributed by atoms with Crippen LogP contribution in [-0.4, -0.2) is 16.8 Å². The van der Waals surface area contributed by atoms with Crippen LogP contribution in [-0.2, 0) is 22.4 Å². The van der Waals surface area contributed by atoms with Crippen LogP contribution in [0.2, 0.25) is 5.02 Å². The molecule has 28 heavy (non-hydrogen) atoms. The first-order chi connectivity index (χ1) is 13.6. The fourth-order valence-electron chi connectivity index (χ4n) is 2.60. The van der Waals surface area contributed by atoms with Gasteiger partial charge in [-0.2, -0.15) is 0 Å². The molecule has 2 aromatic carbocycles. The third-order valence-corrected chi connectivity index (χ3v) is 4.28. The molecular weight excluding hydrogens is 378 g/mol. The zero-order chi connectivity index (χ0) is 19.8. The lowest BCUT2D eigenvalue weighted by atomic mass is 10.1. The van der Waals surface area contributed by atoms with E-state index in [9.17, 15) is 9.59 Å². The molecule has 0 fully saturated rings. The summed E-state index contributed by atoms with van der Waals surface area (Å²) in [5.74, 6) is 0.725. The van der Waals surface area contributed by atoms with Gasteiger partial charge in [-0.05, 0) is 24.1 Å². The Morgan fingerprint density at radius 1 is 0.964 bits per heavy atom. The van der Waals surface area contributed by atoms with Gasteiger partial charge in [0.1, 0.15) is 0 Å². The minimum Gasteiger partial charge on any atom is -0.441 e. The Hall–Kier alpha value is -3.12. The SMILES string of the molecule is O=C(CCCc1ncc(-c2ccccc2)o1)NNC(=O)Cc1ccc(Cl)cc1. The van der Waals surface area contributed by atoms with Crippen LogP contribution in [0, 0.1) is 0 Å². The highest BCUT2D eigenvalue weighted by Gasteiger charge is 2.09. The highest BCUT2D eigenvalue weighted by Crippen LogP contribution is 2.20. The van der Waals surface area contributed by atoms with Crippen molar-refractivity contribution in [3.05, 3.63) is 77.3 Å². The van der Waals surface area contributed by atoms with E-state index in [2.05, 4.69) is 15.8 Å². The second kappa shape index (κ2) is 9.71. The number of nitrogens with zero attached hydrogens (tertiary/aromatic N) is 1. The summed E-state index contributed by atoms with van der Waals surface area (Å²) in [4.78, 5) is 28.0. The fraction of sp³-hybridized carbons (Fsp3) is 0.190. The molecule has 0 spiro atoms. The maximum absolute atomic E-state index is 11.9. The first-order valence-electron chi connectivity index (χ1n) is 8.92. The third kappa shape index (κ3) is 5.96. The van der Waals surface area contributed by atoms with E-state index in [1.165, 1.54) is 0 Å². The van der Waals surface area contributed by atoms with Gasteiger partial charge in [-0.1, -0.05) is 54.1 Å². The first-order valence-corrected chi connectivity index (χ1v) is 9.30. The number of aryl methyl sites for hydroxylation is 1. The molecule has 2 amide bonds. The standard InChI is InChI=1S/C21H20ClN3O3/c22-17-11-9-15(10-12-17)13-20(27)25-24-19(26)7-4-8-21-23-14-18(28-21)16-5-2-1-3-6-16/h1-3,5-6,9-12,14H,4,7-8,13H2,(H,24,26)(H,25,27). The molecule has 0 aliphatic heterocycles. The quantitative estimate of drug-likeness (QED) is 0.595. The average Bonchev–Trinajstić information content (AvgIpc) is 3.18. The van der Waals surface area contributed by atoms with Crippen molar-refractivity contribution in [1.29, 1.82) is 0 Å². The topological polar surface area (TPSA) is 84.2 Å². The molecule has 0 saturated heterocycles. The van der Waals surface area contributed by atoms with Crippen molar-refractivity contribution >= 4 is 23.4 Å². The monoisotopic (exact) mass is 397 g/mol. The number of hydrogen-bond acceptors (Lipinski definition) is 4. The van der Waals surface area contributed by atoms with Gasteiger partial charge in [0.05, 0.1) is 12.6 Å². The van der Waals surface area contributed by atoms with Crippen molar-refractivity contribution in [2.24, 2.45) is 0 Å². The van der Waals surface area contributed by atoms with Crippen LogP contribution >= 0.6 is 11.6 Å². The number of hydrogen-bond donors (Lipinski definition) is 2. The molecule has 0 atom stereocenters. The van der Waals surface area contributed by atoms with E-state index in [0.29, 0.717) is 29.5 Å². The van der Waals surface area contributed by atoms with Gasteiger partial charge in [-0.15, -0.1) is 0 Å². The van der Waals surface area contributed by atoms with Gasteiger partial charge >= 0.3 is 0 Å². The Morgan fingerprint density at radius 2 is 1.68 bits per heavy atom. The van der Waals surface area contributed by atoms with E-state index in [4.69, 9.17) is 16.0 Å². The molecule has 0 bridgehead atoms. The molecule has 2 N–H and O–H groups in total. The Balaban J connectivity index is 1.36. The highest BCUT2D eigenvalue weighted by atomic mass is 35.5. The van der Waals surface area contributed by atoms with E-state index in [-0.39, 0.29) is 24.7 Å². The van der Waals surface area contributed by atoms with Crippen molar-refractivity contribution in [1.82, 2.24) is 15.8 Å². The smallest absolute Gasteiger partial charge is 0.242 e. The molecule has 0 radical (unpaired) electrons. The first kappa shape index (κ1) is 19.6. The lowest BCUT2D eigenvalue weighted by Gasteiger charge is -2.07. The molecular formula is C21H20ClN3O3. The maximum Gasteiger partial charge on any atom is 0.242 e. The predicted octanol–water partition coefficient (Wildman–Crippen LogP) is 3.71. The van der Waals surface area contributed by atoms with Gasteiger partial charge in [-0.3, -0.25) is 20.4 Å². The Bertz CT molecular complexity index is 924. The van der Waals surface area contributed by atoms with Crippen LogP contribution in [0.25, 0.3) is 11.3 Å². The van der Waals surface area contributed by atoms with Gasteiger partial charge < -0.3 is 4.42 Å². The summed E-state index contributed by atoms with van der Waals surface area (Å²) in [6.07, 6.45) is 3.20. The number of rotatable bonds is 7. The van der Waals surface area contributed by atoms with Gasteiger partial charge in [0.15, 0.2) is 11.7 Å². The summed E-state index contributed by atoms with van der Waals surface area (Å²) in [5, 5.41) is 0.611. The zero-order valence-corrected chi connectivity index (χ0v) is 15.9. The molecule has 0 aliphatic carbocycles. The number of carbonyl (C=O) groups is 2. The van der Waals surface area contributed by atoms with E-state index in [0.717, 1.165) is 11.1 Å². The predicted molar refractivity (Wildman–Crippen MR) is 106 cm³/mol. The Kier molecular flexibility index (Phi) is 6.81. The second-order valence-corrected chi connectivity index (χ2v) is 6.67. The Morgan fingerprint density at radius 3 is 2.43 bits per heavy atom. The molecule has 0 unspecified atom stereocenters. The van der Waals surface area contributed by atoms with Crippen LogP contribution in [0.3, 0.4) is 0 Å². The second-order valence-electron chi connectivity index (χ2n) is 6.24. The van der Waals surface area contributed by atoms with Crippen molar-refractivity contribution in [2.75, 3.05) is 0 Å². The van der Waals surface area contributed by atoms with Gasteiger partial charge in [-0.25, -0.2) is 4.98 Å². The van der Waals surface area contributed by atoms with Gasteiger partial charge in [0.2, 0.25) is 11.8 Å². The number of carbonyl (C=O) groups excluding carboxylic acids is 2. The van der Waals surface area contributed by atoms with Crippen molar-refractivity contribution < 1.29 is 14.0 Å². The molecule has 3 rings (SSSR count). The number of hydrazine groups is 1. The van der Waals surface area contributed by atoms with E-state index < -0.39 is 0 Å². The summed E-state index contributed by atoms with van der Waals surface area (Å²) in [6.45, 7) is 0. The van der Waals surface area contributed by atoms with Crippen LogP contribution in [0.15, 0.2) is 65.2 Å². The summed E-state index contributed by atoms with van der Waals surface area (Å²) >= 11 is 5.81. The van der Waals surface area contributed by atoms with Crippen LogP contribution < -0.4 is 10.9 Å². The van der Waals surface area contributed by atoms with Crippen LogP contribution in [0.1, 0.15) is 24.3 Å². The molecule has 6 nitrogen and oxygen atoms in total. The normalized spacial score (nSPS) is 10.5. The van der Waals surface area contributed by atoms with Crippen molar-refractivity contribution in [3.63, 3.8) is 0 Å². The number of halogens is 1. The number of oxazole rings is 1.